The fourth-order valence-corrected chi connectivity index (χ4v) is 2.34. The van der Waals surface area contributed by atoms with Crippen molar-refractivity contribution < 1.29 is 4.79 Å². The van der Waals surface area contributed by atoms with E-state index in [1.807, 2.05) is 0 Å². The van der Waals surface area contributed by atoms with Gasteiger partial charge in [0.2, 0.25) is 0 Å². The van der Waals surface area contributed by atoms with Gasteiger partial charge in [-0.2, -0.15) is 0 Å². The second-order valence-corrected chi connectivity index (χ2v) is 5.30. The molecule has 0 bridgehead atoms. The fraction of sp³-hybridized carbons (Fsp3) is 0.500. The molecule has 120 valence electrons. The molecule has 0 aliphatic carbocycles. The number of nitrogens with one attached hydrogen (secondary N) is 1. The molecule has 0 aromatic carbocycles. The molecule has 2 rings (SSSR count). The van der Waals surface area contributed by atoms with E-state index in [2.05, 4.69) is 32.1 Å². The predicted molar refractivity (Wildman–Crippen MR) is 85.5 cm³/mol. The van der Waals surface area contributed by atoms with Gasteiger partial charge in [-0.1, -0.05) is 18.5 Å². The molecule has 0 spiro atoms. The zero-order valence-electron chi connectivity index (χ0n) is 12.2. The Morgan fingerprint density at radius 1 is 1.45 bits per heavy atom. The SMILES string of the molecule is CCN1CCC(N=C(N)NC(=O)c2nc(Cl)c(N)nc2N)C1. The van der Waals surface area contributed by atoms with Crippen LogP contribution >= 0.6 is 11.6 Å². The summed E-state index contributed by atoms with van der Waals surface area (Å²) in [5.74, 6) is -0.770. The molecule has 1 atom stereocenters. The molecular formula is C12H19ClN8O. The van der Waals surface area contributed by atoms with Gasteiger partial charge in [-0.15, -0.1) is 0 Å². The van der Waals surface area contributed by atoms with Crippen LogP contribution in [0.15, 0.2) is 4.99 Å². The van der Waals surface area contributed by atoms with Crippen molar-refractivity contribution in [2.24, 2.45) is 10.7 Å². The third kappa shape index (κ3) is 3.74. The number of halogens is 1. The summed E-state index contributed by atoms with van der Waals surface area (Å²) in [6.45, 7) is 4.85. The monoisotopic (exact) mass is 326 g/mol. The van der Waals surface area contributed by atoms with Crippen LogP contribution in [0.3, 0.4) is 0 Å². The van der Waals surface area contributed by atoms with Crippen LogP contribution in [-0.4, -0.2) is 52.4 Å². The van der Waals surface area contributed by atoms with Crippen molar-refractivity contribution in [3.05, 3.63) is 10.8 Å². The Hall–Kier alpha value is -2.13. The summed E-state index contributed by atoms with van der Waals surface area (Å²) in [7, 11) is 0. The second kappa shape index (κ2) is 6.75. The van der Waals surface area contributed by atoms with E-state index in [1.54, 1.807) is 0 Å². The van der Waals surface area contributed by atoms with Crippen LogP contribution in [0.2, 0.25) is 5.15 Å². The van der Waals surface area contributed by atoms with Gasteiger partial charge in [0.1, 0.15) is 0 Å². The number of likely N-dealkylation sites (tertiary alicyclic amines) is 1. The Balaban J connectivity index is 2.04. The fourth-order valence-electron chi connectivity index (χ4n) is 2.22. The summed E-state index contributed by atoms with van der Waals surface area (Å²) < 4.78 is 0. The van der Waals surface area contributed by atoms with Crippen molar-refractivity contribution in [2.75, 3.05) is 31.1 Å². The Bertz CT molecular complexity index is 605. The number of hydrogen-bond donors (Lipinski definition) is 4. The number of nitrogen functional groups attached to an aromatic ring is 2. The van der Waals surface area contributed by atoms with Crippen LogP contribution in [0.5, 0.6) is 0 Å². The largest absolute Gasteiger partial charge is 0.382 e. The van der Waals surface area contributed by atoms with Gasteiger partial charge in [0.15, 0.2) is 28.4 Å². The molecule has 1 fully saturated rings. The normalized spacial score (nSPS) is 19.4. The van der Waals surface area contributed by atoms with Gasteiger partial charge in [0, 0.05) is 13.1 Å². The summed E-state index contributed by atoms with van der Waals surface area (Å²) in [5, 5.41) is 2.34. The van der Waals surface area contributed by atoms with E-state index in [-0.39, 0.29) is 34.5 Å². The van der Waals surface area contributed by atoms with E-state index in [0.29, 0.717) is 0 Å². The van der Waals surface area contributed by atoms with Crippen molar-refractivity contribution in [2.45, 2.75) is 19.4 Å². The van der Waals surface area contributed by atoms with Crippen molar-refractivity contribution in [3.63, 3.8) is 0 Å². The zero-order chi connectivity index (χ0) is 16.3. The highest BCUT2D eigenvalue weighted by atomic mass is 35.5. The van der Waals surface area contributed by atoms with E-state index in [9.17, 15) is 4.79 Å². The highest BCUT2D eigenvalue weighted by molar-refractivity contribution is 6.31. The first-order chi connectivity index (χ1) is 10.4. The summed E-state index contributed by atoms with van der Waals surface area (Å²) in [6.07, 6.45) is 0.903. The van der Waals surface area contributed by atoms with Crippen molar-refractivity contribution in [3.8, 4) is 0 Å². The molecule has 1 aliphatic rings. The average molecular weight is 327 g/mol. The molecule has 22 heavy (non-hydrogen) atoms. The van der Waals surface area contributed by atoms with Crippen LogP contribution in [0.25, 0.3) is 0 Å². The number of carbonyl (C=O) groups is 1. The number of rotatable bonds is 3. The molecule has 7 N–H and O–H groups in total. The van der Waals surface area contributed by atoms with Gasteiger partial charge in [0.25, 0.3) is 5.91 Å². The molecule has 0 saturated carbocycles. The summed E-state index contributed by atoms with van der Waals surface area (Å²) in [6, 6.07) is 0.0682. The maximum atomic E-state index is 12.1. The molecule has 1 saturated heterocycles. The van der Waals surface area contributed by atoms with Gasteiger partial charge in [0.05, 0.1) is 6.04 Å². The van der Waals surface area contributed by atoms with Gasteiger partial charge < -0.3 is 22.1 Å². The number of aliphatic imine (C=N–C) groups is 1. The second-order valence-electron chi connectivity index (χ2n) is 4.94. The quantitative estimate of drug-likeness (QED) is 0.429. The van der Waals surface area contributed by atoms with E-state index >= 15 is 0 Å². The highest BCUT2D eigenvalue weighted by Crippen LogP contribution is 2.17. The first kappa shape index (κ1) is 16.2. The highest BCUT2D eigenvalue weighted by Gasteiger charge is 2.22. The Kier molecular flexibility index (Phi) is 4.99. The van der Waals surface area contributed by atoms with E-state index in [4.69, 9.17) is 28.8 Å². The average Bonchev–Trinajstić information content (AvgIpc) is 2.90. The molecule has 1 unspecified atom stereocenters. The number of amides is 1. The molecule has 2 heterocycles. The summed E-state index contributed by atoms with van der Waals surface area (Å²) >= 11 is 5.73. The Morgan fingerprint density at radius 2 is 2.18 bits per heavy atom. The smallest absolute Gasteiger partial charge is 0.280 e. The topological polar surface area (TPSA) is 149 Å². The van der Waals surface area contributed by atoms with Crippen LogP contribution < -0.4 is 22.5 Å². The van der Waals surface area contributed by atoms with Crippen LogP contribution in [-0.2, 0) is 0 Å². The number of nitrogens with zero attached hydrogens (tertiary/aromatic N) is 4. The minimum absolute atomic E-state index is 0.0158. The number of aromatic nitrogens is 2. The number of likely N-dealkylation sites (N-methyl/N-ethyl adjacent to an activating group) is 1. The molecule has 0 radical (unpaired) electrons. The third-order valence-electron chi connectivity index (χ3n) is 3.38. The molecule has 9 nitrogen and oxygen atoms in total. The number of nitrogens with two attached hydrogens (primary N) is 3. The standard InChI is InChI=1S/C12H19ClN8O/c1-2-21-4-3-6(5-21)17-12(16)20-11(22)7-9(14)19-10(15)8(13)18-7/h6H,2-5H2,1H3,(H4,14,15,19)(H3,16,17,20,22). The minimum Gasteiger partial charge on any atom is -0.382 e. The lowest BCUT2D eigenvalue weighted by molar-refractivity contribution is 0.0972. The van der Waals surface area contributed by atoms with Gasteiger partial charge in [-0.3, -0.25) is 10.1 Å². The zero-order valence-corrected chi connectivity index (χ0v) is 13.0. The van der Waals surface area contributed by atoms with E-state index < -0.39 is 5.91 Å². The molecule has 10 heteroatoms. The maximum absolute atomic E-state index is 12.1. The Labute approximate surface area is 132 Å². The number of hydrogen-bond acceptors (Lipinski definition) is 7. The van der Waals surface area contributed by atoms with E-state index in [1.165, 1.54) is 0 Å². The van der Waals surface area contributed by atoms with Crippen molar-refractivity contribution in [1.82, 2.24) is 20.2 Å². The minimum atomic E-state index is -0.626. The Morgan fingerprint density at radius 3 is 2.82 bits per heavy atom. The summed E-state index contributed by atoms with van der Waals surface area (Å²) in [4.78, 5) is 26.2. The predicted octanol–water partition coefficient (Wildman–Crippen LogP) is -0.567. The van der Waals surface area contributed by atoms with Crippen molar-refractivity contribution >= 4 is 35.1 Å². The van der Waals surface area contributed by atoms with Gasteiger partial charge >= 0.3 is 0 Å². The number of carbonyl (C=O) groups excluding carboxylic acids is 1. The lowest BCUT2D eigenvalue weighted by Gasteiger charge is -2.11. The van der Waals surface area contributed by atoms with Gasteiger partial charge in [-0.05, 0) is 13.0 Å². The van der Waals surface area contributed by atoms with Gasteiger partial charge in [-0.25, -0.2) is 15.0 Å². The first-order valence-electron chi connectivity index (χ1n) is 6.86. The van der Waals surface area contributed by atoms with Crippen LogP contribution in [0, 0.1) is 0 Å². The molecular weight excluding hydrogens is 308 g/mol. The first-order valence-corrected chi connectivity index (χ1v) is 7.24. The maximum Gasteiger partial charge on any atom is 0.280 e. The van der Waals surface area contributed by atoms with E-state index in [0.717, 1.165) is 26.1 Å². The summed E-state index contributed by atoms with van der Waals surface area (Å²) in [5.41, 5.74) is 16.7. The number of guanidine groups is 1. The lowest BCUT2D eigenvalue weighted by Crippen LogP contribution is -2.39. The molecule has 1 aliphatic heterocycles. The van der Waals surface area contributed by atoms with Crippen LogP contribution in [0.1, 0.15) is 23.8 Å². The molecule has 1 amide bonds. The van der Waals surface area contributed by atoms with Crippen molar-refractivity contribution in [1.29, 1.82) is 0 Å². The molecule has 1 aromatic rings. The van der Waals surface area contributed by atoms with Crippen LogP contribution in [0.4, 0.5) is 11.6 Å². The number of anilines is 2. The molecule has 1 aromatic heterocycles. The third-order valence-corrected chi connectivity index (χ3v) is 3.66. The lowest BCUT2D eigenvalue weighted by atomic mass is 10.3.